The largest absolute Gasteiger partial charge is 0.472 e. The predicted octanol–water partition coefficient (Wildman–Crippen LogP) is 22.9. The molecule has 0 spiro atoms. The third-order valence-corrected chi connectivity index (χ3v) is 16.4. The minimum Gasteiger partial charge on any atom is -0.462 e. The van der Waals surface area contributed by atoms with Crippen molar-refractivity contribution in [1.82, 2.24) is 0 Å². The molecule has 0 fully saturated rings. The van der Waals surface area contributed by atoms with E-state index in [0.29, 0.717) is 17.4 Å². The highest BCUT2D eigenvalue weighted by molar-refractivity contribution is 7.47. The molecule has 0 aliphatic heterocycles. The van der Waals surface area contributed by atoms with Gasteiger partial charge in [0, 0.05) is 12.8 Å². The van der Waals surface area contributed by atoms with Crippen LogP contribution in [-0.2, 0) is 32.7 Å². The van der Waals surface area contributed by atoms with Crippen LogP contribution in [0, 0.1) is 0 Å². The number of likely N-dealkylation sites (N-methyl/N-ethyl adjacent to an activating group) is 1. The maximum Gasteiger partial charge on any atom is 0.472 e. The van der Waals surface area contributed by atoms with Crippen LogP contribution in [0.1, 0.15) is 322 Å². The molecule has 0 aliphatic rings. The molecule has 1 N–H and O–H groups in total. The molecule has 9 nitrogen and oxygen atoms in total. The number of hydrogen-bond donors (Lipinski definition) is 1. The molecule has 488 valence electrons. The van der Waals surface area contributed by atoms with Crippen molar-refractivity contribution >= 4 is 19.8 Å². The Morgan fingerprint density at radius 1 is 0.381 bits per heavy atom. The average molecular weight is 1200 g/mol. The van der Waals surface area contributed by atoms with Crippen molar-refractivity contribution in [3.8, 4) is 0 Å². The van der Waals surface area contributed by atoms with Gasteiger partial charge in [-0.2, -0.15) is 0 Å². The molecule has 0 bridgehead atoms. The summed E-state index contributed by atoms with van der Waals surface area (Å²) in [4.78, 5) is 35.8. The first-order valence-corrected chi connectivity index (χ1v) is 36.8. The van der Waals surface area contributed by atoms with E-state index in [9.17, 15) is 19.0 Å². The summed E-state index contributed by atoms with van der Waals surface area (Å²) in [7, 11) is 1.47. The first kappa shape index (κ1) is 81.2. The molecule has 84 heavy (non-hydrogen) atoms. The summed E-state index contributed by atoms with van der Waals surface area (Å²) in [6.07, 6.45) is 88.4. The van der Waals surface area contributed by atoms with Crippen molar-refractivity contribution in [2.45, 2.75) is 328 Å². The third kappa shape index (κ3) is 68.3. The second kappa shape index (κ2) is 64.7. The standard InChI is InChI=1S/C74H134NO8P/c1-6-8-10-12-14-16-18-20-22-24-26-28-29-30-31-32-33-34-35-36-37-38-39-40-41-42-43-44-45-47-48-50-52-54-56-58-60-62-64-66-73(76)80-70-72(71-82-84(78,79)81-69-68-75(3,4)5)83-74(77)67-65-63-61-59-57-55-53-51-49-46-27-25-23-21-19-17-15-13-11-9-7-2/h9,11,15,17-18,20-21,23-24,26-27,29-30,46,72H,6-8,10,12-14,16,19,22,25,28,31-45,47-71H2,1-5H3/p+1/b11-9-,17-15-,20-18-,23-21-,26-24-,30-29-,46-27-. The molecule has 0 amide bonds. The maximum absolute atomic E-state index is 12.8. The Bertz CT molecular complexity index is 1690. The van der Waals surface area contributed by atoms with Crippen molar-refractivity contribution < 1.29 is 42.1 Å². The Morgan fingerprint density at radius 3 is 1.01 bits per heavy atom. The number of rotatable bonds is 65. The highest BCUT2D eigenvalue weighted by atomic mass is 31.2. The van der Waals surface area contributed by atoms with E-state index in [0.717, 1.165) is 83.5 Å². The Labute approximate surface area is 520 Å². The number of hydrogen-bond acceptors (Lipinski definition) is 7. The normalized spacial score (nSPS) is 13.6. The van der Waals surface area contributed by atoms with E-state index < -0.39 is 26.5 Å². The van der Waals surface area contributed by atoms with Gasteiger partial charge < -0.3 is 18.9 Å². The lowest BCUT2D eigenvalue weighted by Crippen LogP contribution is -2.37. The second-order valence-corrected chi connectivity index (χ2v) is 26.3. The summed E-state index contributed by atoms with van der Waals surface area (Å²) in [6.45, 7) is 4.33. The van der Waals surface area contributed by atoms with Crippen LogP contribution < -0.4 is 0 Å². The Morgan fingerprint density at radius 2 is 0.679 bits per heavy atom. The molecule has 0 saturated carbocycles. The number of nitrogens with zero attached hydrogens (tertiary/aromatic N) is 1. The molecule has 0 rings (SSSR count). The van der Waals surface area contributed by atoms with Gasteiger partial charge in [0.2, 0.25) is 0 Å². The molecule has 0 heterocycles. The summed E-state index contributed by atoms with van der Waals surface area (Å²) < 4.78 is 34.7. The average Bonchev–Trinajstić information content (AvgIpc) is 3.61. The van der Waals surface area contributed by atoms with Gasteiger partial charge in [-0.25, -0.2) is 4.57 Å². The van der Waals surface area contributed by atoms with Gasteiger partial charge in [-0.05, 0) is 89.9 Å². The van der Waals surface area contributed by atoms with Crippen LogP contribution in [0.3, 0.4) is 0 Å². The summed E-state index contributed by atoms with van der Waals surface area (Å²) in [5, 5.41) is 0. The van der Waals surface area contributed by atoms with Crippen molar-refractivity contribution in [2.75, 3.05) is 47.5 Å². The van der Waals surface area contributed by atoms with Gasteiger partial charge in [0.25, 0.3) is 0 Å². The van der Waals surface area contributed by atoms with Crippen LogP contribution in [0.4, 0.5) is 0 Å². The van der Waals surface area contributed by atoms with E-state index >= 15 is 0 Å². The van der Waals surface area contributed by atoms with Crippen molar-refractivity contribution in [3.63, 3.8) is 0 Å². The molecule has 0 aromatic carbocycles. The van der Waals surface area contributed by atoms with Gasteiger partial charge in [0.15, 0.2) is 6.10 Å². The van der Waals surface area contributed by atoms with E-state index in [1.54, 1.807) is 0 Å². The summed E-state index contributed by atoms with van der Waals surface area (Å²) in [5.41, 5.74) is 0. The number of carbonyl (C=O) groups excluding carboxylic acids is 2. The fourth-order valence-electron chi connectivity index (χ4n) is 10.0. The number of phosphoric acid groups is 1. The molecule has 10 heteroatoms. The van der Waals surface area contributed by atoms with E-state index in [1.807, 2.05) is 21.1 Å². The topological polar surface area (TPSA) is 108 Å². The number of quaternary nitrogens is 1. The molecule has 0 aromatic heterocycles. The zero-order chi connectivity index (χ0) is 61.2. The van der Waals surface area contributed by atoms with Gasteiger partial charge in [0.05, 0.1) is 27.7 Å². The van der Waals surface area contributed by atoms with E-state index in [1.165, 1.54) is 205 Å². The molecule has 2 unspecified atom stereocenters. The number of unbranched alkanes of at least 4 members (excludes halogenated alkanes) is 37. The molecular formula is C74H135NO8P+. The van der Waals surface area contributed by atoms with Gasteiger partial charge in [-0.1, -0.05) is 304 Å². The molecule has 0 aliphatic carbocycles. The Balaban J connectivity index is 3.94. The molecule has 2 atom stereocenters. The molecule has 0 aromatic rings. The highest BCUT2D eigenvalue weighted by Gasteiger charge is 2.27. The number of esters is 2. The van der Waals surface area contributed by atoms with Crippen LogP contribution in [0.5, 0.6) is 0 Å². The van der Waals surface area contributed by atoms with Crippen molar-refractivity contribution in [2.24, 2.45) is 0 Å². The Kier molecular flexibility index (Phi) is 62.5. The lowest BCUT2D eigenvalue weighted by molar-refractivity contribution is -0.870. The first-order valence-electron chi connectivity index (χ1n) is 35.3. The predicted molar refractivity (Wildman–Crippen MR) is 362 cm³/mol. The van der Waals surface area contributed by atoms with Gasteiger partial charge >= 0.3 is 19.8 Å². The van der Waals surface area contributed by atoms with Crippen molar-refractivity contribution in [1.29, 1.82) is 0 Å². The smallest absolute Gasteiger partial charge is 0.462 e. The zero-order valence-electron chi connectivity index (χ0n) is 55.6. The van der Waals surface area contributed by atoms with E-state index in [-0.39, 0.29) is 32.0 Å². The Hall–Kier alpha value is -2.81. The lowest BCUT2D eigenvalue weighted by Gasteiger charge is -2.24. The van der Waals surface area contributed by atoms with Crippen molar-refractivity contribution in [3.05, 3.63) is 85.1 Å². The first-order chi connectivity index (χ1) is 41.0. The number of ether oxygens (including phenoxy) is 2. The minimum atomic E-state index is -4.40. The summed E-state index contributed by atoms with van der Waals surface area (Å²) in [6, 6.07) is 0. The highest BCUT2D eigenvalue weighted by Crippen LogP contribution is 2.43. The fraction of sp³-hybridized carbons (Fsp3) is 0.784. The maximum atomic E-state index is 12.8. The third-order valence-electron chi connectivity index (χ3n) is 15.4. The summed E-state index contributed by atoms with van der Waals surface area (Å²) >= 11 is 0. The molecule has 0 saturated heterocycles. The quantitative estimate of drug-likeness (QED) is 0.0211. The van der Waals surface area contributed by atoms with Crippen LogP contribution in [0.15, 0.2) is 85.1 Å². The number of phosphoric ester groups is 1. The fourth-order valence-corrected chi connectivity index (χ4v) is 10.8. The monoisotopic (exact) mass is 1200 g/mol. The number of allylic oxidation sites excluding steroid dienone is 14. The van der Waals surface area contributed by atoms with Gasteiger partial charge in [0.1, 0.15) is 19.8 Å². The SMILES string of the molecule is CC/C=C\C/C=C\C/C=C\C/C=C\CCCCCCCCCCC(=O)OC(COC(=O)CCCCCCCCCCCCCCCCCCCCCCCCCC/C=C\C/C=C\C/C=C\CCCCCCC)COP(=O)(O)OCC[N+](C)(C)C. The van der Waals surface area contributed by atoms with Gasteiger partial charge in [-0.15, -0.1) is 0 Å². The zero-order valence-corrected chi connectivity index (χ0v) is 56.5. The molecule has 0 radical (unpaired) electrons. The lowest BCUT2D eigenvalue weighted by atomic mass is 10.0. The number of carbonyl (C=O) groups is 2. The van der Waals surface area contributed by atoms with Gasteiger partial charge in [-0.3, -0.25) is 18.6 Å². The van der Waals surface area contributed by atoms with Crippen LogP contribution >= 0.6 is 7.82 Å². The second-order valence-electron chi connectivity index (χ2n) is 24.9. The van der Waals surface area contributed by atoms with Crippen LogP contribution in [0.2, 0.25) is 0 Å². The summed E-state index contributed by atoms with van der Waals surface area (Å²) in [5.74, 6) is -0.797. The minimum absolute atomic E-state index is 0.0284. The van der Waals surface area contributed by atoms with Crippen LogP contribution in [0.25, 0.3) is 0 Å². The molecular weight excluding hydrogens is 1060 g/mol. The van der Waals surface area contributed by atoms with Crippen LogP contribution in [-0.4, -0.2) is 74.9 Å². The van der Waals surface area contributed by atoms with E-state index in [4.69, 9.17) is 18.5 Å². The van der Waals surface area contributed by atoms with E-state index in [2.05, 4.69) is 98.9 Å².